The van der Waals surface area contributed by atoms with E-state index in [1.807, 2.05) is 6.20 Å². The van der Waals surface area contributed by atoms with Crippen LogP contribution in [-0.4, -0.2) is 26.4 Å². The molecule has 114 valence electrons. The van der Waals surface area contributed by atoms with E-state index < -0.39 is 0 Å². The number of aromatic amines is 1. The summed E-state index contributed by atoms with van der Waals surface area (Å²) in [6.45, 7) is 4.13. The molecular formula is C15H21ClN4S. The third-order valence-electron chi connectivity index (χ3n) is 4.01. The van der Waals surface area contributed by atoms with Crippen LogP contribution in [0.5, 0.6) is 0 Å². The quantitative estimate of drug-likeness (QED) is 0.866. The van der Waals surface area contributed by atoms with Crippen LogP contribution >= 0.6 is 22.9 Å². The largest absolute Gasteiger partial charge is 0.344 e. The highest BCUT2D eigenvalue weighted by Crippen LogP contribution is 2.34. The smallest absolute Gasteiger partial charge is 0.151 e. The minimum absolute atomic E-state index is 0.434. The van der Waals surface area contributed by atoms with Crippen LogP contribution in [0.15, 0.2) is 11.6 Å². The molecule has 0 aromatic carbocycles. The van der Waals surface area contributed by atoms with E-state index in [0.717, 1.165) is 37.4 Å². The molecule has 3 rings (SSSR count). The van der Waals surface area contributed by atoms with Gasteiger partial charge in [-0.3, -0.25) is 4.90 Å². The van der Waals surface area contributed by atoms with E-state index in [-0.39, 0.29) is 0 Å². The summed E-state index contributed by atoms with van der Waals surface area (Å²) in [4.78, 5) is 14.8. The van der Waals surface area contributed by atoms with Gasteiger partial charge in [-0.1, -0.05) is 24.9 Å². The highest BCUT2D eigenvalue weighted by molar-refractivity contribution is 7.09. The number of hydrogen-bond donors (Lipinski definition) is 1. The maximum absolute atomic E-state index is 6.29. The number of imidazole rings is 1. The molecule has 0 spiro atoms. The molecule has 2 aromatic rings. The first-order chi connectivity index (χ1) is 10.3. The number of unbranched alkanes of at least 4 members (excludes halogenated alkanes) is 1. The SMILES string of the molecule is CCCCc1nc(Cl)c(CN2CCC[C@@H]2c2nccs2)[nH]1. The molecule has 4 nitrogen and oxygen atoms in total. The summed E-state index contributed by atoms with van der Waals surface area (Å²) in [5, 5.41) is 3.90. The second kappa shape index (κ2) is 6.90. The number of H-pyrrole nitrogens is 1. The Morgan fingerprint density at radius 3 is 3.19 bits per heavy atom. The van der Waals surface area contributed by atoms with Crippen molar-refractivity contribution in [2.45, 2.75) is 51.6 Å². The third-order valence-corrected chi connectivity index (χ3v) is 5.20. The highest BCUT2D eigenvalue weighted by atomic mass is 35.5. The first-order valence-electron chi connectivity index (χ1n) is 7.64. The molecule has 21 heavy (non-hydrogen) atoms. The predicted molar refractivity (Wildman–Crippen MR) is 86.7 cm³/mol. The summed E-state index contributed by atoms with van der Waals surface area (Å²) in [5.74, 6) is 1.02. The average molecular weight is 325 g/mol. The van der Waals surface area contributed by atoms with Crippen LogP contribution in [0, 0.1) is 0 Å². The molecule has 1 aliphatic rings. The maximum atomic E-state index is 6.29. The van der Waals surface area contributed by atoms with Crippen LogP contribution in [0.3, 0.4) is 0 Å². The van der Waals surface area contributed by atoms with Gasteiger partial charge in [0.15, 0.2) is 5.15 Å². The van der Waals surface area contributed by atoms with Crippen molar-refractivity contribution < 1.29 is 0 Å². The fraction of sp³-hybridized carbons (Fsp3) is 0.600. The van der Waals surface area contributed by atoms with E-state index in [2.05, 4.69) is 32.2 Å². The van der Waals surface area contributed by atoms with Crippen molar-refractivity contribution in [3.8, 4) is 0 Å². The fourth-order valence-electron chi connectivity index (χ4n) is 2.90. The lowest BCUT2D eigenvalue weighted by Crippen LogP contribution is -2.23. The van der Waals surface area contributed by atoms with E-state index in [0.29, 0.717) is 11.2 Å². The molecule has 0 unspecified atom stereocenters. The van der Waals surface area contributed by atoms with Gasteiger partial charge in [-0.05, 0) is 25.8 Å². The number of likely N-dealkylation sites (tertiary alicyclic amines) is 1. The number of nitrogens with zero attached hydrogens (tertiary/aromatic N) is 3. The number of hydrogen-bond acceptors (Lipinski definition) is 4. The Hall–Kier alpha value is -0.910. The Balaban J connectivity index is 1.69. The van der Waals surface area contributed by atoms with Crippen LogP contribution in [0.25, 0.3) is 0 Å². The lowest BCUT2D eigenvalue weighted by atomic mass is 10.2. The molecule has 1 aliphatic heterocycles. The fourth-order valence-corrected chi connectivity index (χ4v) is 3.92. The lowest BCUT2D eigenvalue weighted by Gasteiger charge is -2.22. The van der Waals surface area contributed by atoms with Gasteiger partial charge in [-0.25, -0.2) is 9.97 Å². The molecule has 0 bridgehead atoms. The second-order valence-electron chi connectivity index (χ2n) is 5.56. The van der Waals surface area contributed by atoms with Crippen molar-refractivity contribution in [3.05, 3.63) is 33.3 Å². The Bertz CT molecular complexity index is 566. The van der Waals surface area contributed by atoms with E-state index in [1.54, 1.807) is 11.3 Å². The number of aryl methyl sites for hydroxylation is 1. The average Bonchev–Trinajstić information content (AvgIpc) is 3.18. The van der Waals surface area contributed by atoms with E-state index in [4.69, 9.17) is 11.6 Å². The highest BCUT2D eigenvalue weighted by Gasteiger charge is 2.28. The second-order valence-corrected chi connectivity index (χ2v) is 6.84. The monoisotopic (exact) mass is 324 g/mol. The topological polar surface area (TPSA) is 44.8 Å². The Labute approximate surface area is 134 Å². The van der Waals surface area contributed by atoms with Crippen molar-refractivity contribution in [2.24, 2.45) is 0 Å². The summed E-state index contributed by atoms with van der Waals surface area (Å²) >= 11 is 8.04. The third kappa shape index (κ3) is 3.47. The first-order valence-corrected chi connectivity index (χ1v) is 8.90. The summed E-state index contributed by atoms with van der Waals surface area (Å²) in [5.41, 5.74) is 1.05. The van der Waals surface area contributed by atoms with Gasteiger partial charge >= 0.3 is 0 Å². The van der Waals surface area contributed by atoms with Crippen LogP contribution in [0.1, 0.15) is 55.2 Å². The number of thiazole rings is 1. The van der Waals surface area contributed by atoms with Crippen molar-refractivity contribution >= 4 is 22.9 Å². The summed E-state index contributed by atoms with van der Waals surface area (Å²) < 4.78 is 0. The molecule has 2 aromatic heterocycles. The van der Waals surface area contributed by atoms with Gasteiger partial charge in [-0.2, -0.15) is 0 Å². The number of nitrogens with one attached hydrogen (secondary N) is 1. The number of halogens is 1. The zero-order chi connectivity index (χ0) is 14.7. The van der Waals surface area contributed by atoms with Crippen molar-refractivity contribution in [1.82, 2.24) is 19.9 Å². The lowest BCUT2D eigenvalue weighted by molar-refractivity contribution is 0.245. The van der Waals surface area contributed by atoms with Gasteiger partial charge in [0.2, 0.25) is 0 Å². The Morgan fingerprint density at radius 2 is 2.43 bits per heavy atom. The molecule has 1 atom stereocenters. The van der Waals surface area contributed by atoms with Gasteiger partial charge in [0.1, 0.15) is 10.8 Å². The molecule has 0 amide bonds. The standard InChI is InChI=1S/C15H21ClN4S/c1-2-3-6-13-18-11(14(16)19-13)10-20-8-4-5-12(20)15-17-7-9-21-15/h7,9,12H,2-6,8,10H2,1H3,(H,18,19)/t12-/m1/s1. The van der Waals surface area contributed by atoms with Crippen molar-refractivity contribution in [3.63, 3.8) is 0 Å². The molecule has 3 heterocycles. The molecule has 0 saturated carbocycles. The predicted octanol–water partition coefficient (Wildman–Crippen LogP) is 4.20. The van der Waals surface area contributed by atoms with Gasteiger partial charge in [0.25, 0.3) is 0 Å². The summed E-state index contributed by atoms with van der Waals surface area (Å²) in [7, 11) is 0. The van der Waals surface area contributed by atoms with Crippen molar-refractivity contribution in [1.29, 1.82) is 0 Å². The number of aromatic nitrogens is 3. The zero-order valence-corrected chi connectivity index (χ0v) is 13.9. The minimum atomic E-state index is 0.434. The number of rotatable bonds is 6. The summed E-state index contributed by atoms with van der Waals surface area (Å²) in [6.07, 6.45) is 7.59. The molecule has 1 N–H and O–H groups in total. The van der Waals surface area contributed by atoms with Gasteiger partial charge in [0, 0.05) is 24.5 Å². The van der Waals surface area contributed by atoms with Crippen LogP contribution in [0.2, 0.25) is 5.15 Å². The normalized spacial score (nSPS) is 19.4. The van der Waals surface area contributed by atoms with Crippen LogP contribution < -0.4 is 0 Å². The van der Waals surface area contributed by atoms with Gasteiger partial charge in [-0.15, -0.1) is 11.3 Å². The van der Waals surface area contributed by atoms with Crippen LogP contribution in [-0.2, 0) is 13.0 Å². The van der Waals surface area contributed by atoms with E-state index in [1.165, 1.54) is 24.3 Å². The Kier molecular flexibility index (Phi) is 4.93. The van der Waals surface area contributed by atoms with Crippen molar-refractivity contribution in [2.75, 3.05) is 6.54 Å². The van der Waals surface area contributed by atoms with Crippen LogP contribution in [0.4, 0.5) is 0 Å². The minimum Gasteiger partial charge on any atom is -0.344 e. The van der Waals surface area contributed by atoms with Gasteiger partial charge in [0.05, 0.1) is 11.7 Å². The molecule has 0 radical (unpaired) electrons. The van der Waals surface area contributed by atoms with Gasteiger partial charge < -0.3 is 4.98 Å². The maximum Gasteiger partial charge on any atom is 0.151 e. The molecule has 0 aliphatic carbocycles. The first kappa shape index (κ1) is 15.0. The molecule has 1 saturated heterocycles. The molecule has 1 fully saturated rings. The Morgan fingerprint density at radius 1 is 1.52 bits per heavy atom. The summed E-state index contributed by atoms with van der Waals surface area (Å²) in [6, 6.07) is 0.434. The molecular weight excluding hydrogens is 304 g/mol. The molecule has 6 heteroatoms. The van der Waals surface area contributed by atoms with E-state index in [9.17, 15) is 0 Å². The zero-order valence-electron chi connectivity index (χ0n) is 12.3. The van der Waals surface area contributed by atoms with E-state index >= 15 is 0 Å².